The van der Waals surface area contributed by atoms with Crippen LogP contribution in [0.2, 0.25) is 0 Å². The van der Waals surface area contributed by atoms with Gasteiger partial charge in [-0.2, -0.15) is 0 Å². The molecule has 1 aromatic rings. The molecule has 0 radical (unpaired) electrons. The summed E-state index contributed by atoms with van der Waals surface area (Å²) in [6, 6.07) is 4.48. The first-order valence-corrected chi connectivity index (χ1v) is 6.46. The van der Waals surface area contributed by atoms with E-state index in [0.29, 0.717) is 12.2 Å². The van der Waals surface area contributed by atoms with Gasteiger partial charge in [0.1, 0.15) is 0 Å². The van der Waals surface area contributed by atoms with E-state index in [0.717, 1.165) is 13.1 Å². The summed E-state index contributed by atoms with van der Waals surface area (Å²) in [5.74, 6) is 0. The van der Waals surface area contributed by atoms with Gasteiger partial charge in [0.25, 0.3) is 0 Å². The van der Waals surface area contributed by atoms with Crippen molar-refractivity contribution in [3.05, 3.63) is 28.8 Å². The highest BCUT2D eigenvalue weighted by molar-refractivity contribution is 5.58. The van der Waals surface area contributed by atoms with E-state index in [1.807, 2.05) is 0 Å². The van der Waals surface area contributed by atoms with E-state index in [9.17, 15) is 0 Å². The van der Waals surface area contributed by atoms with Crippen LogP contribution in [0.5, 0.6) is 0 Å². The van der Waals surface area contributed by atoms with Gasteiger partial charge in [-0.15, -0.1) is 0 Å². The van der Waals surface area contributed by atoms with E-state index in [1.165, 1.54) is 22.4 Å². The van der Waals surface area contributed by atoms with Gasteiger partial charge < -0.3 is 9.64 Å². The third-order valence-corrected chi connectivity index (χ3v) is 3.79. The van der Waals surface area contributed by atoms with Crippen LogP contribution in [0.3, 0.4) is 0 Å². The van der Waals surface area contributed by atoms with Crippen molar-refractivity contribution in [3.8, 4) is 0 Å². The van der Waals surface area contributed by atoms with Crippen LogP contribution in [0, 0.1) is 20.8 Å². The third-order valence-electron chi connectivity index (χ3n) is 3.79. The number of hydrogen-bond donors (Lipinski definition) is 0. The number of morpholine rings is 1. The van der Waals surface area contributed by atoms with Crippen LogP contribution < -0.4 is 4.90 Å². The molecule has 1 aliphatic heterocycles. The van der Waals surface area contributed by atoms with Crippen LogP contribution >= 0.6 is 0 Å². The quantitative estimate of drug-likeness (QED) is 0.738. The Balaban J connectivity index is 2.31. The molecule has 17 heavy (non-hydrogen) atoms. The maximum Gasteiger partial charge on any atom is 0.0726 e. The summed E-state index contributed by atoms with van der Waals surface area (Å²) < 4.78 is 5.79. The Bertz CT molecular complexity index is 404. The molecular formula is C15H23NO. The molecule has 1 heterocycles. The molecule has 0 amide bonds. The summed E-state index contributed by atoms with van der Waals surface area (Å²) in [7, 11) is 0. The summed E-state index contributed by atoms with van der Waals surface area (Å²) >= 11 is 0. The Morgan fingerprint density at radius 2 is 1.59 bits per heavy atom. The lowest BCUT2D eigenvalue weighted by Crippen LogP contribution is -2.45. The van der Waals surface area contributed by atoms with E-state index in [4.69, 9.17) is 4.74 Å². The molecule has 1 aliphatic rings. The second-order valence-corrected chi connectivity index (χ2v) is 5.31. The number of rotatable bonds is 1. The van der Waals surface area contributed by atoms with Gasteiger partial charge in [-0.25, -0.2) is 0 Å². The van der Waals surface area contributed by atoms with Crippen LogP contribution in [0.25, 0.3) is 0 Å². The molecule has 1 aromatic carbocycles. The molecule has 2 rings (SSSR count). The minimum atomic E-state index is 0.319. The molecule has 94 valence electrons. The van der Waals surface area contributed by atoms with Gasteiger partial charge in [0, 0.05) is 18.8 Å². The molecule has 2 unspecified atom stereocenters. The molecule has 1 saturated heterocycles. The molecule has 2 heteroatoms. The van der Waals surface area contributed by atoms with Gasteiger partial charge >= 0.3 is 0 Å². The van der Waals surface area contributed by atoms with Crippen molar-refractivity contribution in [2.24, 2.45) is 0 Å². The Morgan fingerprint density at radius 3 is 2.18 bits per heavy atom. The summed E-state index contributed by atoms with van der Waals surface area (Å²) in [6.07, 6.45) is 0.638. The molecule has 0 N–H and O–H groups in total. The van der Waals surface area contributed by atoms with E-state index in [2.05, 4.69) is 51.7 Å². The lowest BCUT2D eigenvalue weighted by atomic mass is 10.0. The highest BCUT2D eigenvalue weighted by Gasteiger charge is 2.23. The summed E-state index contributed by atoms with van der Waals surface area (Å²) in [5.41, 5.74) is 5.57. The van der Waals surface area contributed by atoms with Crippen molar-refractivity contribution < 1.29 is 4.74 Å². The van der Waals surface area contributed by atoms with Gasteiger partial charge in [-0.3, -0.25) is 0 Å². The first-order valence-electron chi connectivity index (χ1n) is 6.46. The van der Waals surface area contributed by atoms with Crippen molar-refractivity contribution in [3.63, 3.8) is 0 Å². The lowest BCUT2D eigenvalue weighted by molar-refractivity contribution is -0.00524. The predicted octanol–water partition coefficient (Wildman–Crippen LogP) is 3.23. The molecule has 0 aromatic heterocycles. The molecule has 0 aliphatic carbocycles. The zero-order chi connectivity index (χ0) is 12.6. The van der Waals surface area contributed by atoms with Crippen LogP contribution in [0.4, 0.5) is 5.69 Å². The number of aryl methyl sites for hydroxylation is 1. The normalized spacial score (nSPS) is 25.1. The minimum Gasteiger partial charge on any atom is -0.372 e. The smallest absolute Gasteiger partial charge is 0.0726 e. The average Bonchev–Trinajstić information content (AvgIpc) is 2.24. The fraction of sp³-hybridized carbons (Fsp3) is 0.600. The SMILES string of the molecule is Cc1ccc(N2CC(C)OC(C)C2)c(C)c1C. The first kappa shape index (κ1) is 12.4. The van der Waals surface area contributed by atoms with Crippen molar-refractivity contribution >= 4 is 5.69 Å². The first-order chi connectivity index (χ1) is 7.99. The summed E-state index contributed by atoms with van der Waals surface area (Å²) in [6.45, 7) is 12.9. The Morgan fingerprint density at radius 1 is 1.00 bits per heavy atom. The van der Waals surface area contributed by atoms with E-state index in [-0.39, 0.29) is 0 Å². The number of benzene rings is 1. The van der Waals surface area contributed by atoms with E-state index >= 15 is 0 Å². The van der Waals surface area contributed by atoms with Crippen LogP contribution in [0.15, 0.2) is 12.1 Å². The lowest BCUT2D eigenvalue weighted by Gasteiger charge is -2.38. The fourth-order valence-electron chi connectivity index (χ4n) is 2.66. The largest absolute Gasteiger partial charge is 0.372 e. The Hall–Kier alpha value is -1.02. The second kappa shape index (κ2) is 4.69. The molecule has 2 nitrogen and oxygen atoms in total. The number of anilines is 1. The third kappa shape index (κ3) is 2.47. The molecule has 1 fully saturated rings. The molecular weight excluding hydrogens is 210 g/mol. The monoisotopic (exact) mass is 233 g/mol. The standard InChI is InChI=1S/C15H23NO/c1-10-6-7-15(14(5)13(10)4)16-8-11(2)17-12(3)9-16/h6-7,11-12H,8-9H2,1-5H3. The van der Waals surface area contributed by atoms with Crippen molar-refractivity contribution in [2.45, 2.75) is 46.8 Å². The molecule has 2 atom stereocenters. The van der Waals surface area contributed by atoms with Gasteiger partial charge in [0.15, 0.2) is 0 Å². The van der Waals surface area contributed by atoms with Gasteiger partial charge in [-0.05, 0) is 57.4 Å². The predicted molar refractivity (Wildman–Crippen MR) is 72.9 cm³/mol. The van der Waals surface area contributed by atoms with Crippen molar-refractivity contribution in [1.82, 2.24) is 0 Å². The number of hydrogen-bond acceptors (Lipinski definition) is 2. The van der Waals surface area contributed by atoms with E-state index in [1.54, 1.807) is 0 Å². The zero-order valence-electron chi connectivity index (χ0n) is 11.6. The highest BCUT2D eigenvalue weighted by Crippen LogP contribution is 2.27. The molecule has 0 saturated carbocycles. The van der Waals surface area contributed by atoms with E-state index < -0.39 is 0 Å². The van der Waals surface area contributed by atoms with Crippen LogP contribution in [0.1, 0.15) is 30.5 Å². The topological polar surface area (TPSA) is 12.5 Å². The molecule has 0 bridgehead atoms. The van der Waals surface area contributed by atoms with Gasteiger partial charge in [0.05, 0.1) is 12.2 Å². The zero-order valence-corrected chi connectivity index (χ0v) is 11.6. The Labute approximate surface area is 105 Å². The maximum atomic E-state index is 5.79. The number of nitrogens with zero attached hydrogens (tertiary/aromatic N) is 1. The second-order valence-electron chi connectivity index (χ2n) is 5.31. The summed E-state index contributed by atoms with van der Waals surface area (Å²) in [4.78, 5) is 2.46. The number of ether oxygens (including phenoxy) is 1. The maximum absolute atomic E-state index is 5.79. The minimum absolute atomic E-state index is 0.319. The van der Waals surface area contributed by atoms with Crippen molar-refractivity contribution in [1.29, 1.82) is 0 Å². The van der Waals surface area contributed by atoms with Crippen LogP contribution in [-0.2, 0) is 4.74 Å². The average molecular weight is 233 g/mol. The Kier molecular flexibility index (Phi) is 3.43. The van der Waals surface area contributed by atoms with Crippen molar-refractivity contribution in [2.75, 3.05) is 18.0 Å². The highest BCUT2D eigenvalue weighted by atomic mass is 16.5. The molecule has 0 spiro atoms. The summed E-state index contributed by atoms with van der Waals surface area (Å²) in [5, 5.41) is 0. The van der Waals surface area contributed by atoms with Crippen LogP contribution in [-0.4, -0.2) is 25.3 Å². The van der Waals surface area contributed by atoms with Gasteiger partial charge in [0.2, 0.25) is 0 Å². The fourth-order valence-corrected chi connectivity index (χ4v) is 2.66. The van der Waals surface area contributed by atoms with Gasteiger partial charge in [-0.1, -0.05) is 6.07 Å².